The van der Waals surface area contributed by atoms with Gasteiger partial charge in [0.25, 0.3) is 5.91 Å². The Hall–Kier alpha value is -2.70. The number of amides is 1. The number of benzene rings is 2. The van der Waals surface area contributed by atoms with Crippen molar-refractivity contribution in [2.75, 3.05) is 0 Å². The van der Waals surface area contributed by atoms with Crippen molar-refractivity contribution in [1.29, 1.82) is 0 Å². The van der Waals surface area contributed by atoms with Gasteiger partial charge in [0.15, 0.2) is 5.09 Å². The zero-order chi connectivity index (χ0) is 20.9. The molecule has 4 aromatic rings. The Morgan fingerprint density at radius 3 is 2.37 bits per heavy atom. The maximum atomic E-state index is 13.1. The van der Waals surface area contributed by atoms with Crippen LogP contribution in [0.2, 0.25) is 0 Å². The zero-order valence-electron chi connectivity index (χ0n) is 16.4. The van der Waals surface area contributed by atoms with E-state index >= 15 is 0 Å². The molecule has 152 valence electrons. The van der Waals surface area contributed by atoms with Crippen LogP contribution in [0.1, 0.15) is 27.4 Å². The third-order valence-corrected chi connectivity index (χ3v) is 5.99. The molecule has 30 heavy (non-hydrogen) atoms. The molecule has 0 N–H and O–H groups in total. The van der Waals surface area contributed by atoms with Crippen molar-refractivity contribution in [3.63, 3.8) is 0 Å². The molecule has 2 aromatic heterocycles. The maximum Gasteiger partial charge on any atom is 0.254 e. The second-order valence-electron chi connectivity index (χ2n) is 6.88. The SMILES string of the molecule is Cc1ccc(Sc2ccc(CN(Cc3ccco3)C(=O)c3ccc(Br)cc3)o2)cc1. The van der Waals surface area contributed by atoms with Crippen LogP contribution in [-0.2, 0) is 13.1 Å². The Balaban J connectivity index is 1.51. The van der Waals surface area contributed by atoms with Gasteiger partial charge in [-0.1, -0.05) is 45.4 Å². The van der Waals surface area contributed by atoms with Gasteiger partial charge in [0, 0.05) is 14.9 Å². The van der Waals surface area contributed by atoms with Gasteiger partial charge in [-0.3, -0.25) is 4.79 Å². The lowest BCUT2D eigenvalue weighted by Gasteiger charge is -2.20. The first-order valence-corrected chi connectivity index (χ1v) is 11.1. The molecule has 0 atom stereocenters. The van der Waals surface area contributed by atoms with Crippen LogP contribution in [0, 0.1) is 6.92 Å². The highest BCUT2D eigenvalue weighted by Crippen LogP contribution is 2.30. The van der Waals surface area contributed by atoms with Crippen molar-refractivity contribution in [2.24, 2.45) is 0 Å². The van der Waals surface area contributed by atoms with E-state index in [1.165, 1.54) is 5.56 Å². The number of aryl methyl sites for hydroxylation is 1. The first kappa shape index (κ1) is 20.6. The summed E-state index contributed by atoms with van der Waals surface area (Å²) in [5.41, 5.74) is 1.84. The standard InChI is InChI=1S/C24H20BrNO3S/c1-17-4-11-22(12-5-17)30-23-13-10-21(29-23)16-26(15-20-3-2-14-28-20)24(27)18-6-8-19(25)9-7-18/h2-14H,15-16H2,1H3. The van der Waals surface area contributed by atoms with E-state index in [2.05, 4.69) is 47.1 Å². The minimum Gasteiger partial charge on any atom is -0.467 e. The molecule has 0 bridgehead atoms. The zero-order valence-corrected chi connectivity index (χ0v) is 18.8. The fourth-order valence-electron chi connectivity index (χ4n) is 2.97. The van der Waals surface area contributed by atoms with Gasteiger partial charge in [-0.25, -0.2) is 0 Å². The Morgan fingerprint density at radius 1 is 0.933 bits per heavy atom. The molecule has 0 aliphatic rings. The first-order chi connectivity index (χ1) is 14.6. The van der Waals surface area contributed by atoms with Crippen LogP contribution in [0.3, 0.4) is 0 Å². The monoisotopic (exact) mass is 481 g/mol. The Labute approximate surface area is 188 Å². The van der Waals surface area contributed by atoms with E-state index in [4.69, 9.17) is 8.83 Å². The third kappa shape index (κ3) is 5.26. The number of carbonyl (C=O) groups excluding carboxylic acids is 1. The van der Waals surface area contributed by atoms with Gasteiger partial charge in [-0.15, -0.1) is 0 Å². The lowest BCUT2D eigenvalue weighted by atomic mass is 10.2. The Kier molecular flexibility index (Phi) is 6.45. The summed E-state index contributed by atoms with van der Waals surface area (Å²) in [6.45, 7) is 2.78. The lowest BCUT2D eigenvalue weighted by molar-refractivity contribution is 0.0702. The number of halogens is 1. The molecule has 4 rings (SSSR count). The second kappa shape index (κ2) is 9.41. The summed E-state index contributed by atoms with van der Waals surface area (Å²) in [6, 6.07) is 23.2. The maximum absolute atomic E-state index is 13.1. The molecule has 0 fully saturated rings. The topological polar surface area (TPSA) is 46.6 Å². The van der Waals surface area contributed by atoms with E-state index in [-0.39, 0.29) is 5.91 Å². The summed E-state index contributed by atoms with van der Waals surface area (Å²) < 4.78 is 12.4. The molecular weight excluding hydrogens is 462 g/mol. The predicted molar refractivity (Wildman–Crippen MR) is 120 cm³/mol. The van der Waals surface area contributed by atoms with Gasteiger partial charge in [0.1, 0.15) is 11.5 Å². The smallest absolute Gasteiger partial charge is 0.254 e. The van der Waals surface area contributed by atoms with E-state index in [1.807, 2.05) is 48.5 Å². The van der Waals surface area contributed by atoms with Gasteiger partial charge in [0.2, 0.25) is 0 Å². The van der Waals surface area contributed by atoms with Gasteiger partial charge in [-0.2, -0.15) is 0 Å². The third-order valence-electron chi connectivity index (χ3n) is 4.53. The first-order valence-electron chi connectivity index (χ1n) is 9.47. The molecule has 0 spiro atoms. The molecule has 6 heteroatoms. The van der Waals surface area contributed by atoms with E-state index in [0.717, 1.165) is 26.0 Å². The normalized spacial score (nSPS) is 10.9. The van der Waals surface area contributed by atoms with E-state index in [0.29, 0.717) is 18.7 Å². The summed E-state index contributed by atoms with van der Waals surface area (Å²) in [4.78, 5) is 16.0. The van der Waals surface area contributed by atoms with Crippen molar-refractivity contribution < 1.29 is 13.6 Å². The van der Waals surface area contributed by atoms with Crippen molar-refractivity contribution >= 4 is 33.6 Å². The van der Waals surface area contributed by atoms with Crippen molar-refractivity contribution in [2.45, 2.75) is 30.0 Å². The second-order valence-corrected chi connectivity index (χ2v) is 8.88. The number of rotatable bonds is 7. The fourth-order valence-corrected chi connectivity index (χ4v) is 4.03. The van der Waals surface area contributed by atoms with Crippen LogP contribution in [0.15, 0.2) is 102 Å². The summed E-state index contributed by atoms with van der Waals surface area (Å²) >= 11 is 4.97. The van der Waals surface area contributed by atoms with Crippen LogP contribution >= 0.6 is 27.7 Å². The molecule has 0 aliphatic carbocycles. The molecule has 0 unspecified atom stereocenters. The molecule has 0 radical (unpaired) electrons. The predicted octanol–water partition coefficient (Wildman–Crippen LogP) is 6.94. The number of hydrogen-bond donors (Lipinski definition) is 0. The lowest BCUT2D eigenvalue weighted by Crippen LogP contribution is -2.29. The van der Waals surface area contributed by atoms with E-state index in [9.17, 15) is 4.79 Å². The molecular formula is C24H20BrNO3S. The summed E-state index contributed by atoms with van der Waals surface area (Å²) in [7, 11) is 0. The van der Waals surface area contributed by atoms with Crippen LogP contribution in [0.4, 0.5) is 0 Å². The summed E-state index contributed by atoms with van der Waals surface area (Å²) in [5, 5.41) is 0.794. The minimum absolute atomic E-state index is 0.0805. The molecule has 2 aromatic carbocycles. The molecule has 1 amide bonds. The average molecular weight is 482 g/mol. The van der Waals surface area contributed by atoms with Crippen LogP contribution in [0.25, 0.3) is 0 Å². The summed E-state index contributed by atoms with van der Waals surface area (Å²) in [5.74, 6) is 1.37. The fraction of sp³-hybridized carbons (Fsp3) is 0.125. The van der Waals surface area contributed by atoms with Crippen molar-refractivity contribution in [1.82, 2.24) is 4.90 Å². The molecule has 0 aliphatic heterocycles. The minimum atomic E-state index is -0.0805. The van der Waals surface area contributed by atoms with Gasteiger partial charge >= 0.3 is 0 Å². The van der Waals surface area contributed by atoms with E-state index in [1.54, 1.807) is 22.9 Å². The van der Waals surface area contributed by atoms with Crippen LogP contribution < -0.4 is 0 Å². The highest BCUT2D eigenvalue weighted by atomic mass is 79.9. The largest absolute Gasteiger partial charge is 0.467 e. The van der Waals surface area contributed by atoms with Crippen molar-refractivity contribution in [3.05, 3.63) is 106 Å². The molecule has 2 heterocycles. The summed E-state index contributed by atoms with van der Waals surface area (Å²) in [6.07, 6.45) is 1.61. The number of furan rings is 2. The van der Waals surface area contributed by atoms with Gasteiger partial charge in [-0.05, 0) is 67.6 Å². The average Bonchev–Trinajstić information content (AvgIpc) is 3.41. The van der Waals surface area contributed by atoms with E-state index < -0.39 is 0 Å². The van der Waals surface area contributed by atoms with Gasteiger partial charge < -0.3 is 13.7 Å². The number of nitrogens with zero attached hydrogens (tertiary/aromatic N) is 1. The van der Waals surface area contributed by atoms with Gasteiger partial charge in [0.05, 0.1) is 19.4 Å². The Bertz CT molecular complexity index is 1100. The molecule has 0 saturated carbocycles. The number of carbonyl (C=O) groups is 1. The highest BCUT2D eigenvalue weighted by Gasteiger charge is 2.19. The molecule has 4 nitrogen and oxygen atoms in total. The Morgan fingerprint density at radius 2 is 1.67 bits per heavy atom. The highest BCUT2D eigenvalue weighted by molar-refractivity contribution is 9.10. The van der Waals surface area contributed by atoms with Crippen LogP contribution in [0.5, 0.6) is 0 Å². The quantitative estimate of drug-likeness (QED) is 0.286. The van der Waals surface area contributed by atoms with Crippen LogP contribution in [-0.4, -0.2) is 10.8 Å². The number of hydrogen-bond acceptors (Lipinski definition) is 4. The molecule has 0 saturated heterocycles. The van der Waals surface area contributed by atoms with Crippen molar-refractivity contribution in [3.8, 4) is 0 Å².